The summed E-state index contributed by atoms with van der Waals surface area (Å²) >= 11 is 1.42. The molecule has 3 aromatic rings. The van der Waals surface area contributed by atoms with Crippen molar-refractivity contribution in [2.75, 3.05) is 17.7 Å². The van der Waals surface area contributed by atoms with Gasteiger partial charge in [-0.3, -0.25) is 4.79 Å². The number of benzene rings is 2. The minimum absolute atomic E-state index is 0.0663. The van der Waals surface area contributed by atoms with E-state index in [-0.39, 0.29) is 5.91 Å². The summed E-state index contributed by atoms with van der Waals surface area (Å²) in [6.07, 6.45) is 1.84. The van der Waals surface area contributed by atoms with Crippen molar-refractivity contribution >= 4 is 23.4 Å². The van der Waals surface area contributed by atoms with E-state index in [9.17, 15) is 4.79 Å². The van der Waals surface area contributed by atoms with E-state index in [0.29, 0.717) is 12.4 Å². The number of carbonyl (C=O) groups excluding carboxylic acids is 1. The second kappa shape index (κ2) is 8.58. The van der Waals surface area contributed by atoms with E-state index < -0.39 is 0 Å². The number of hydrogen-bond acceptors (Lipinski definition) is 4. The van der Waals surface area contributed by atoms with Crippen molar-refractivity contribution in [2.45, 2.75) is 12.1 Å². The predicted molar refractivity (Wildman–Crippen MR) is 106 cm³/mol. The first-order chi connectivity index (χ1) is 12.7. The average Bonchev–Trinajstić information content (AvgIpc) is 3.03. The Morgan fingerprint density at radius 2 is 1.88 bits per heavy atom. The molecule has 0 bridgehead atoms. The van der Waals surface area contributed by atoms with Crippen molar-refractivity contribution in [1.29, 1.82) is 0 Å². The second-order valence-electron chi connectivity index (χ2n) is 5.65. The Bertz CT molecular complexity index is 861. The maximum atomic E-state index is 12.2. The van der Waals surface area contributed by atoms with Gasteiger partial charge in [-0.1, -0.05) is 42.1 Å². The molecule has 0 aliphatic rings. The van der Waals surface area contributed by atoms with Gasteiger partial charge in [0.1, 0.15) is 5.75 Å². The number of ether oxygens (including phenoxy) is 1. The van der Waals surface area contributed by atoms with Gasteiger partial charge in [-0.05, 0) is 36.8 Å². The Labute approximate surface area is 157 Å². The molecule has 0 saturated carbocycles. The summed E-state index contributed by atoms with van der Waals surface area (Å²) in [5.41, 5.74) is 2.89. The van der Waals surface area contributed by atoms with Gasteiger partial charge in [0.15, 0.2) is 5.16 Å². The highest BCUT2D eigenvalue weighted by molar-refractivity contribution is 7.99. The number of nitrogens with zero attached hydrogens (tertiary/aromatic N) is 2. The number of aromatic nitrogens is 2. The minimum atomic E-state index is -0.0663. The van der Waals surface area contributed by atoms with Crippen LogP contribution >= 0.6 is 11.8 Å². The molecule has 2 aromatic carbocycles. The van der Waals surface area contributed by atoms with Gasteiger partial charge >= 0.3 is 0 Å². The van der Waals surface area contributed by atoms with Gasteiger partial charge in [0.05, 0.1) is 24.3 Å². The van der Waals surface area contributed by atoms with E-state index in [4.69, 9.17) is 4.74 Å². The van der Waals surface area contributed by atoms with Gasteiger partial charge in [0.25, 0.3) is 0 Å². The first-order valence-corrected chi connectivity index (χ1v) is 9.38. The average molecular weight is 367 g/mol. The molecule has 0 atom stereocenters. The first-order valence-electron chi connectivity index (χ1n) is 8.40. The van der Waals surface area contributed by atoms with Gasteiger partial charge in [-0.15, -0.1) is 0 Å². The molecule has 0 fully saturated rings. The molecule has 1 heterocycles. The number of carbonyl (C=O) groups is 1. The molecule has 6 heteroatoms. The smallest absolute Gasteiger partial charge is 0.234 e. The lowest BCUT2D eigenvalue weighted by atomic mass is 10.2. The third kappa shape index (κ3) is 4.46. The molecule has 1 aromatic heterocycles. The SMILES string of the molecule is CCOc1ccc(NC(=O)CSc2ncc(-c3ccccc3)n2C)cc1. The lowest BCUT2D eigenvalue weighted by Gasteiger charge is -2.08. The fraction of sp³-hybridized carbons (Fsp3) is 0.200. The molecular weight excluding hydrogens is 346 g/mol. The van der Waals surface area contributed by atoms with Crippen LogP contribution < -0.4 is 10.1 Å². The topological polar surface area (TPSA) is 56.1 Å². The fourth-order valence-electron chi connectivity index (χ4n) is 2.53. The predicted octanol–water partition coefficient (Wildman–Crippen LogP) is 4.22. The molecule has 1 N–H and O–H groups in total. The Balaban J connectivity index is 1.57. The number of hydrogen-bond donors (Lipinski definition) is 1. The van der Waals surface area contributed by atoms with E-state index in [1.165, 1.54) is 11.8 Å². The van der Waals surface area contributed by atoms with Crippen LogP contribution in [0.1, 0.15) is 6.92 Å². The molecule has 0 aliphatic heterocycles. The highest BCUT2D eigenvalue weighted by Crippen LogP contribution is 2.25. The maximum absolute atomic E-state index is 12.2. The van der Waals surface area contributed by atoms with E-state index in [1.807, 2.05) is 79.3 Å². The molecule has 26 heavy (non-hydrogen) atoms. The quantitative estimate of drug-likeness (QED) is 0.636. The Morgan fingerprint density at radius 1 is 1.15 bits per heavy atom. The van der Waals surface area contributed by atoms with Crippen LogP contribution in [0.5, 0.6) is 5.75 Å². The van der Waals surface area contributed by atoms with Gasteiger partial charge in [-0.25, -0.2) is 4.98 Å². The molecule has 134 valence electrons. The van der Waals surface area contributed by atoms with Crippen molar-refractivity contribution in [2.24, 2.45) is 7.05 Å². The summed E-state index contributed by atoms with van der Waals surface area (Å²) in [5, 5.41) is 3.70. The number of thioether (sulfide) groups is 1. The highest BCUT2D eigenvalue weighted by atomic mass is 32.2. The largest absolute Gasteiger partial charge is 0.494 e. The molecule has 1 amide bonds. The van der Waals surface area contributed by atoms with Crippen LogP contribution in [0.4, 0.5) is 5.69 Å². The van der Waals surface area contributed by atoms with E-state index >= 15 is 0 Å². The van der Waals surface area contributed by atoms with Crippen molar-refractivity contribution in [1.82, 2.24) is 9.55 Å². The molecule has 0 unspecified atom stereocenters. The van der Waals surface area contributed by atoms with Gasteiger partial charge in [0, 0.05) is 12.7 Å². The van der Waals surface area contributed by atoms with Crippen molar-refractivity contribution in [3.8, 4) is 17.0 Å². The summed E-state index contributed by atoms with van der Waals surface area (Å²) in [6.45, 7) is 2.56. The van der Waals surface area contributed by atoms with Crippen LogP contribution in [0, 0.1) is 0 Å². The zero-order chi connectivity index (χ0) is 18.4. The molecular formula is C20H21N3O2S. The van der Waals surface area contributed by atoms with Gasteiger partial charge in [-0.2, -0.15) is 0 Å². The van der Waals surface area contributed by atoms with Crippen molar-refractivity contribution < 1.29 is 9.53 Å². The Kier molecular flexibility index (Phi) is 5.96. The number of anilines is 1. The van der Waals surface area contributed by atoms with E-state index in [0.717, 1.165) is 27.9 Å². The Hall–Kier alpha value is -2.73. The van der Waals surface area contributed by atoms with Crippen LogP contribution in [-0.2, 0) is 11.8 Å². The van der Waals surface area contributed by atoms with Crippen LogP contribution in [0.3, 0.4) is 0 Å². The fourth-order valence-corrected chi connectivity index (χ4v) is 3.28. The Morgan fingerprint density at radius 3 is 2.58 bits per heavy atom. The summed E-state index contributed by atoms with van der Waals surface area (Å²) in [6, 6.07) is 17.4. The number of amides is 1. The summed E-state index contributed by atoms with van der Waals surface area (Å²) in [7, 11) is 1.96. The normalized spacial score (nSPS) is 10.5. The van der Waals surface area contributed by atoms with E-state index in [2.05, 4.69) is 10.3 Å². The van der Waals surface area contributed by atoms with Crippen molar-refractivity contribution in [3.63, 3.8) is 0 Å². The standard InChI is InChI=1S/C20H21N3O2S/c1-3-25-17-11-9-16(10-12-17)22-19(24)14-26-20-21-13-18(23(20)2)15-7-5-4-6-8-15/h4-13H,3,14H2,1-2H3,(H,22,24). The third-order valence-electron chi connectivity index (χ3n) is 3.80. The second-order valence-corrected chi connectivity index (χ2v) is 6.59. The van der Waals surface area contributed by atoms with Crippen LogP contribution in [0.25, 0.3) is 11.3 Å². The van der Waals surface area contributed by atoms with Crippen LogP contribution in [0.2, 0.25) is 0 Å². The maximum Gasteiger partial charge on any atom is 0.234 e. The zero-order valence-electron chi connectivity index (χ0n) is 14.8. The van der Waals surface area contributed by atoms with Crippen LogP contribution in [-0.4, -0.2) is 27.8 Å². The molecule has 0 aliphatic carbocycles. The first kappa shape index (κ1) is 18.1. The lowest BCUT2D eigenvalue weighted by Crippen LogP contribution is -2.14. The number of imidazole rings is 1. The number of nitrogens with one attached hydrogen (secondary N) is 1. The molecule has 0 saturated heterocycles. The minimum Gasteiger partial charge on any atom is -0.494 e. The monoisotopic (exact) mass is 367 g/mol. The lowest BCUT2D eigenvalue weighted by molar-refractivity contribution is -0.113. The summed E-state index contributed by atoms with van der Waals surface area (Å²) in [5.74, 6) is 1.02. The zero-order valence-corrected chi connectivity index (χ0v) is 15.6. The molecule has 3 rings (SSSR count). The van der Waals surface area contributed by atoms with Crippen LogP contribution in [0.15, 0.2) is 66.0 Å². The third-order valence-corrected chi connectivity index (χ3v) is 4.84. The molecule has 5 nitrogen and oxygen atoms in total. The molecule has 0 spiro atoms. The number of rotatable bonds is 7. The summed E-state index contributed by atoms with van der Waals surface area (Å²) < 4.78 is 7.40. The van der Waals surface area contributed by atoms with E-state index in [1.54, 1.807) is 0 Å². The van der Waals surface area contributed by atoms with Gasteiger partial charge in [0.2, 0.25) is 5.91 Å². The molecule has 0 radical (unpaired) electrons. The highest BCUT2D eigenvalue weighted by Gasteiger charge is 2.11. The van der Waals surface area contributed by atoms with Gasteiger partial charge < -0.3 is 14.6 Å². The van der Waals surface area contributed by atoms with Crippen molar-refractivity contribution in [3.05, 3.63) is 60.8 Å². The summed E-state index contributed by atoms with van der Waals surface area (Å²) in [4.78, 5) is 16.6.